The molecule has 5 heteroatoms. The molecule has 1 aromatic rings. The molecule has 1 heterocycles. The fraction of sp³-hybridized carbons (Fsp3) is 0.600. The van der Waals surface area contributed by atoms with Crippen molar-refractivity contribution in [2.24, 2.45) is 0 Å². The molecular formula is C15H23N3O2. The highest BCUT2D eigenvalue weighted by Gasteiger charge is 2.24. The van der Waals surface area contributed by atoms with Crippen molar-refractivity contribution in [2.75, 3.05) is 24.5 Å². The second kappa shape index (κ2) is 6.70. The lowest BCUT2D eigenvalue weighted by Crippen LogP contribution is -2.38. The molecule has 20 heavy (non-hydrogen) atoms. The van der Waals surface area contributed by atoms with Crippen molar-refractivity contribution < 1.29 is 4.92 Å². The number of benzene rings is 1. The number of rotatable bonds is 6. The van der Waals surface area contributed by atoms with Crippen LogP contribution in [-0.4, -0.2) is 30.6 Å². The molecule has 1 saturated heterocycles. The van der Waals surface area contributed by atoms with Gasteiger partial charge in [0.05, 0.1) is 4.92 Å². The Morgan fingerprint density at radius 3 is 2.90 bits per heavy atom. The second-order valence-electron chi connectivity index (χ2n) is 5.44. The lowest BCUT2D eigenvalue weighted by Gasteiger charge is -2.28. The van der Waals surface area contributed by atoms with Gasteiger partial charge in [-0.1, -0.05) is 19.1 Å². The average Bonchev–Trinajstić information content (AvgIpc) is 2.91. The van der Waals surface area contributed by atoms with Gasteiger partial charge in [0.1, 0.15) is 5.69 Å². The minimum atomic E-state index is -0.271. The van der Waals surface area contributed by atoms with Crippen molar-refractivity contribution in [1.29, 1.82) is 0 Å². The van der Waals surface area contributed by atoms with Gasteiger partial charge >= 0.3 is 0 Å². The van der Waals surface area contributed by atoms with Gasteiger partial charge < -0.3 is 10.2 Å². The third-order valence-electron chi connectivity index (χ3n) is 3.83. The van der Waals surface area contributed by atoms with E-state index in [0.717, 1.165) is 43.7 Å². The highest BCUT2D eigenvalue weighted by molar-refractivity contribution is 5.67. The third-order valence-corrected chi connectivity index (χ3v) is 3.83. The van der Waals surface area contributed by atoms with E-state index in [2.05, 4.69) is 17.1 Å². The number of nitrogens with zero attached hydrogens (tertiary/aromatic N) is 2. The highest BCUT2D eigenvalue weighted by Crippen LogP contribution is 2.32. The maximum atomic E-state index is 11.3. The zero-order valence-corrected chi connectivity index (χ0v) is 12.3. The molecule has 1 atom stereocenters. The molecule has 0 amide bonds. The molecule has 0 aliphatic carbocycles. The molecular weight excluding hydrogens is 254 g/mol. The van der Waals surface area contributed by atoms with Crippen molar-refractivity contribution in [3.8, 4) is 0 Å². The van der Waals surface area contributed by atoms with E-state index < -0.39 is 0 Å². The lowest BCUT2D eigenvalue weighted by molar-refractivity contribution is -0.384. The molecule has 0 aromatic heterocycles. The molecule has 0 spiro atoms. The molecule has 0 saturated carbocycles. The fourth-order valence-corrected chi connectivity index (χ4v) is 2.95. The van der Waals surface area contributed by atoms with Gasteiger partial charge in [-0.05, 0) is 38.3 Å². The second-order valence-corrected chi connectivity index (χ2v) is 5.44. The van der Waals surface area contributed by atoms with Crippen molar-refractivity contribution >= 4 is 11.4 Å². The molecule has 1 fully saturated rings. The summed E-state index contributed by atoms with van der Waals surface area (Å²) in [6.07, 6.45) is 3.33. The van der Waals surface area contributed by atoms with E-state index in [0.29, 0.717) is 6.04 Å². The molecule has 0 bridgehead atoms. The van der Waals surface area contributed by atoms with Crippen LogP contribution in [0, 0.1) is 17.0 Å². The van der Waals surface area contributed by atoms with Crippen LogP contribution in [0.5, 0.6) is 0 Å². The van der Waals surface area contributed by atoms with Gasteiger partial charge in [0.15, 0.2) is 0 Å². The largest absolute Gasteiger partial charge is 0.364 e. The third kappa shape index (κ3) is 3.28. The molecule has 0 radical (unpaired) electrons. The maximum Gasteiger partial charge on any atom is 0.292 e. The predicted molar refractivity (Wildman–Crippen MR) is 81.4 cm³/mol. The number of anilines is 1. The zero-order valence-electron chi connectivity index (χ0n) is 12.3. The molecule has 1 unspecified atom stereocenters. The van der Waals surface area contributed by atoms with Crippen LogP contribution in [0.2, 0.25) is 0 Å². The number of nitro benzene ring substituents is 1. The summed E-state index contributed by atoms with van der Waals surface area (Å²) in [5.41, 5.74) is 1.98. The van der Waals surface area contributed by atoms with Crippen LogP contribution >= 0.6 is 0 Å². The highest BCUT2D eigenvalue weighted by atomic mass is 16.6. The topological polar surface area (TPSA) is 58.4 Å². The Hall–Kier alpha value is -1.62. The fourth-order valence-electron chi connectivity index (χ4n) is 2.95. The Labute approximate surface area is 120 Å². The van der Waals surface area contributed by atoms with Crippen LogP contribution in [0.25, 0.3) is 0 Å². The van der Waals surface area contributed by atoms with E-state index >= 15 is 0 Å². The molecule has 1 aliphatic rings. The van der Waals surface area contributed by atoms with E-state index in [-0.39, 0.29) is 10.6 Å². The predicted octanol–water partition coefficient (Wildman–Crippen LogP) is 2.87. The normalized spacial score (nSPS) is 18.2. The number of hydrogen-bond acceptors (Lipinski definition) is 4. The van der Waals surface area contributed by atoms with E-state index in [1.807, 2.05) is 13.0 Å². The summed E-state index contributed by atoms with van der Waals surface area (Å²) in [5.74, 6) is 0. The first-order valence-electron chi connectivity index (χ1n) is 7.35. The van der Waals surface area contributed by atoms with Gasteiger partial charge in [-0.2, -0.15) is 0 Å². The SMILES string of the molecule is CCCN(CC1CCCN1)c1c(C)cccc1[N+](=O)[O-]. The average molecular weight is 277 g/mol. The maximum absolute atomic E-state index is 11.3. The first-order chi connectivity index (χ1) is 9.63. The molecule has 2 rings (SSSR count). The van der Waals surface area contributed by atoms with Crippen LogP contribution in [0.1, 0.15) is 31.7 Å². The number of para-hydroxylation sites is 1. The number of aryl methyl sites for hydroxylation is 1. The monoisotopic (exact) mass is 277 g/mol. The van der Waals surface area contributed by atoms with E-state index in [4.69, 9.17) is 0 Å². The minimum absolute atomic E-state index is 0.219. The van der Waals surface area contributed by atoms with Crippen molar-refractivity contribution in [1.82, 2.24) is 5.32 Å². The van der Waals surface area contributed by atoms with Gasteiger partial charge in [0, 0.05) is 25.2 Å². The minimum Gasteiger partial charge on any atom is -0.364 e. The summed E-state index contributed by atoms with van der Waals surface area (Å²) in [4.78, 5) is 13.2. The Balaban J connectivity index is 2.29. The van der Waals surface area contributed by atoms with E-state index in [1.54, 1.807) is 12.1 Å². The molecule has 1 aromatic carbocycles. The van der Waals surface area contributed by atoms with E-state index in [1.165, 1.54) is 6.42 Å². The van der Waals surface area contributed by atoms with Crippen molar-refractivity contribution in [3.63, 3.8) is 0 Å². The lowest BCUT2D eigenvalue weighted by atomic mass is 10.1. The summed E-state index contributed by atoms with van der Waals surface area (Å²) in [5, 5.41) is 14.8. The van der Waals surface area contributed by atoms with Gasteiger partial charge in [0.2, 0.25) is 0 Å². The van der Waals surface area contributed by atoms with Gasteiger partial charge in [0.25, 0.3) is 5.69 Å². The molecule has 5 nitrogen and oxygen atoms in total. The van der Waals surface area contributed by atoms with Crippen LogP contribution in [-0.2, 0) is 0 Å². The Bertz CT molecular complexity index is 470. The van der Waals surface area contributed by atoms with Crippen molar-refractivity contribution in [3.05, 3.63) is 33.9 Å². The number of hydrogen-bond donors (Lipinski definition) is 1. The summed E-state index contributed by atoms with van der Waals surface area (Å²) in [7, 11) is 0. The molecule has 1 N–H and O–H groups in total. The van der Waals surface area contributed by atoms with Gasteiger partial charge in [-0.15, -0.1) is 0 Å². The summed E-state index contributed by atoms with van der Waals surface area (Å²) < 4.78 is 0. The molecule has 110 valence electrons. The summed E-state index contributed by atoms with van der Waals surface area (Å²) >= 11 is 0. The summed E-state index contributed by atoms with van der Waals surface area (Å²) in [6.45, 7) is 6.82. The smallest absolute Gasteiger partial charge is 0.292 e. The standard InChI is InChI=1S/C15H23N3O2/c1-3-10-17(11-13-7-5-9-16-13)15-12(2)6-4-8-14(15)18(19)20/h4,6,8,13,16H,3,5,7,9-11H2,1-2H3. The van der Waals surface area contributed by atoms with Crippen LogP contribution in [0.3, 0.4) is 0 Å². The van der Waals surface area contributed by atoms with Gasteiger partial charge in [-0.25, -0.2) is 0 Å². The van der Waals surface area contributed by atoms with Crippen LogP contribution < -0.4 is 10.2 Å². The Morgan fingerprint density at radius 1 is 1.50 bits per heavy atom. The van der Waals surface area contributed by atoms with E-state index in [9.17, 15) is 10.1 Å². The zero-order chi connectivity index (χ0) is 14.5. The number of nitrogens with one attached hydrogen (secondary N) is 1. The molecule has 1 aliphatic heterocycles. The van der Waals surface area contributed by atoms with Gasteiger partial charge in [-0.3, -0.25) is 10.1 Å². The quantitative estimate of drug-likeness (QED) is 0.641. The number of nitro groups is 1. The van der Waals surface area contributed by atoms with Crippen LogP contribution in [0.4, 0.5) is 11.4 Å². The Morgan fingerprint density at radius 2 is 2.30 bits per heavy atom. The summed E-state index contributed by atoms with van der Waals surface area (Å²) in [6, 6.07) is 5.76. The Kier molecular flexibility index (Phi) is 4.95. The van der Waals surface area contributed by atoms with Crippen molar-refractivity contribution in [2.45, 2.75) is 39.2 Å². The first kappa shape index (κ1) is 14.8. The van der Waals surface area contributed by atoms with Crippen LogP contribution in [0.15, 0.2) is 18.2 Å². The first-order valence-corrected chi connectivity index (χ1v) is 7.35.